The minimum Gasteiger partial charge on any atom is -0.330 e. The smallest absolute Gasteiger partial charge is 0.0919 e. The number of hydrogen-bond acceptors (Lipinski definition) is 3. The number of rotatable bonds is 2. The SMILES string of the molecule is NCCc1cccc2nccnc12. The zero-order valence-electron chi connectivity index (χ0n) is 7.27. The molecule has 0 amide bonds. The van der Waals surface area contributed by atoms with Gasteiger partial charge in [0.25, 0.3) is 0 Å². The molecule has 1 aromatic heterocycles. The van der Waals surface area contributed by atoms with Gasteiger partial charge in [0.1, 0.15) is 0 Å². The molecule has 13 heavy (non-hydrogen) atoms. The lowest BCUT2D eigenvalue weighted by Gasteiger charge is -2.02. The monoisotopic (exact) mass is 173 g/mol. The van der Waals surface area contributed by atoms with Crippen LogP contribution in [-0.2, 0) is 6.42 Å². The first-order valence-electron chi connectivity index (χ1n) is 4.30. The molecule has 0 aliphatic rings. The third-order valence-corrected chi connectivity index (χ3v) is 2.00. The summed E-state index contributed by atoms with van der Waals surface area (Å²) in [5.74, 6) is 0. The van der Waals surface area contributed by atoms with Gasteiger partial charge in [0.05, 0.1) is 11.0 Å². The van der Waals surface area contributed by atoms with E-state index < -0.39 is 0 Å². The van der Waals surface area contributed by atoms with E-state index in [2.05, 4.69) is 9.97 Å². The number of aromatic nitrogens is 2. The number of nitrogens with two attached hydrogens (primary N) is 1. The number of nitrogens with zero attached hydrogens (tertiary/aromatic N) is 2. The first-order valence-corrected chi connectivity index (χ1v) is 4.30. The highest BCUT2D eigenvalue weighted by molar-refractivity contribution is 5.77. The first-order chi connectivity index (χ1) is 6.42. The van der Waals surface area contributed by atoms with Crippen LogP contribution in [0.25, 0.3) is 11.0 Å². The highest BCUT2D eigenvalue weighted by atomic mass is 14.8. The molecule has 0 unspecified atom stereocenters. The average molecular weight is 173 g/mol. The molecule has 2 rings (SSSR count). The highest BCUT2D eigenvalue weighted by Crippen LogP contribution is 2.13. The van der Waals surface area contributed by atoms with Gasteiger partial charge in [0.15, 0.2) is 0 Å². The van der Waals surface area contributed by atoms with Crippen LogP contribution in [0.5, 0.6) is 0 Å². The Morgan fingerprint density at radius 3 is 2.85 bits per heavy atom. The Morgan fingerprint density at radius 2 is 2.00 bits per heavy atom. The minimum atomic E-state index is 0.648. The summed E-state index contributed by atoms with van der Waals surface area (Å²) >= 11 is 0. The summed E-state index contributed by atoms with van der Waals surface area (Å²) in [4.78, 5) is 8.50. The molecular weight excluding hydrogens is 162 g/mol. The fraction of sp³-hybridized carbons (Fsp3) is 0.200. The second-order valence-electron chi connectivity index (χ2n) is 2.88. The molecule has 0 saturated carbocycles. The van der Waals surface area contributed by atoms with Crippen LogP contribution >= 0.6 is 0 Å². The van der Waals surface area contributed by atoms with Crippen molar-refractivity contribution in [2.75, 3.05) is 6.54 Å². The van der Waals surface area contributed by atoms with Gasteiger partial charge in [0.2, 0.25) is 0 Å². The van der Waals surface area contributed by atoms with Gasteiger partial charge in [-0.05, 0) is 24.6 Å². The van der Waals surface area contributed by atoms with Crippen LogP contribution in [-0.4, -0.2) is 16.5 Å². The fourth-order valence-electron chi connectivity index (χ4n) is 1.41. The maximum Gasteiger partial charge on any atom is 0.0919 e. The maximum absolute atomic E-state index is 5.50. The van der Waals surface area contributed by atoms with Gasteiger partial charge in [-0.3, -0.25) is 9.97 Å². The van der Waals surface area contributed by atoms with Gasteiger partial charge in [-0.25, -0.2) is 0 Å². The lowest BCUT2D eigenvalue weighted by atomic mass is 10.1. The lowest BCUT2D eigenvalue weighted by molar-refractivity contribution is 0.972. The molecular formula is C10H11N3. The number of benzene rings is 1. The van der Waals surface area contributed by atoms with Crippen molar-refractivity contribution in [3.8, 4) is 0 Å². The Morgan fingerprint density at radius 1 is 1.15 bits per heavy atom. The molecule has 0 spiro atoms. The standard InChI is InChI=1S/C10H11N3/c11-5-4-8-2-1-3-9-10(8)13-7-6-12-9/h1-3,6-7H,4-5,11H2. The van der Waals surface area contributed by atoms with Crippen LogP contribution in [0.2, 0.25) is 0 Å². The second kappa shape index (κ2) is 3.49. The molecule has 0 radical (unpaired) electrons. The van der Waals surface area contributed by atoms with Crippen molar-refractivity contribution in [1.82, 2.24) is 9.97 Å². The van der Waals surface area contributed by atoms with Gasteiger partial charge in [-0.1, -0.05) is 12.1 Å². The van der Waals surface area contributed by atoms with E-state index in [0.717, 1.165) is 17.5 Å². The predicted molar refractivity (Wildman–Crippen MR) is 52.3 cm³/mol. The molecule has 0 aliphatic carbocycles. The molecule has 66 valence electrons. The third-order valence-electron chi connectivity index (χ3n) is 2.00. The quantitative estimate of drug-likeness (QED) is 0.740. The lowest BCUT2D eigenvalue weighted by Crippen LogP contribution is -2.03. The van der Waals surface area contributed by atoms with E-state index >= 15 is 0 Å². The number of fused-ring (bicyclic) bond motifs is 1. The Balaban J connectivity index is 2.61. The van der Waals surface area contributed by atoms with Crippen LogP contribution in [0.3, 0.4) is 0 Å². The van der Waals surface area contributed by atoms with Crippen LogP contribution in [0, 0.1) is 0 Å². The van der Waals surface area contributed by atoms with Crippen molar-refractivity contribution < 1.29 is 0 Å². The summed E-state index contributed by atoms with van der Waals surface area (Å²) in [6, 6.07) is 5.99. The van der Waals surface area contributed by atoms with Crippen LogP contribution in [0.15, 0.2) is 30.6 Å². The number of para-hydroxylation sites is 1. The van der Waals surface area contributed by atoms with Crippen molar-refractivity contribution >= 4 is 11.0 Å². The van der Waals surface area contributed by atoms with Gasteiger partial charge < -0.3 is 5.73 Å². The third kappa shape index (κ3) is 1.51. The van der Waals surface area contributed by atoms with Crippen molar-refractivity contribution in [2.24, 2.45) is 5.73 Å². The zero-order valence-corrected chi connectivity index (χ0v) is 7.27. The summed E-state index contributed by atoms with van der Waals surface area (Å²) in [6.07, 6.45) is 4.27. The van der Waals surface area contributed by atoms with Crippen molar-refractivity contribution in [3.63, 3.8) is 0 Å². The molecule has 0 fully saturated rings. The van der Waals surface area contributed by atoms with Crippen molar-refractivity contribution in [2.45, 2.75) is 6.42 Å². The summed E-state index contributed by atoms with van der Waals surface area (Å²) in [7, 11) is 0. The molecule has 1 heterocycles. The Labute approximate surface area is 76.6 Å². The van der Waals surface area contributed by atoms with E-state index in [1.807, 2.05) is 18.2 Å². The van der Waals surface area contributed by atoms with Crippen LogP contribution < -0.4 is 5.73 Å². The molecule has 3 nitrogen and oxygen atoms in total. The molecule has 0 bridgehead atoms. The summed E-state index contributed by atoms with van der Waals surface area (Å²) in [5, 5.41) is 0. The summed E-state index contributed by atoms with van der Waals surface area (Å²) in [5.41, 5.74) is 8.58. The van der Waals surface area contributed by atoms with E-state index in [9.17, 15) is 0 Å². The van der Waals surface area contributed by atoms with Crippen molar-refractivity contribution in [1.29, 1.82) is 0 Å². The van der Waals surface area contributed by atoms with E-state index in [4.69, 9.17) is 5.73 Å². The normalized spacial score (nSPS) is 10.5. The summed E-state index contributed by atoms with van der Waals surface area (Å²) < 4.78 is 0. The molecule has 0 aliphatic heterocycles. The predicted octanol–water partition coefficient (Wildman–Crippen LogP) is 1.13. The zero-order chi connectivity index (χ0) is 9.10. The van der Waals surface area contributed by atoms with Gasteiger partial charge in [-0.15, -0.1) is 0 Å². The Bertz CT molecular complexity index is 406. The largest absolute Gasteiger partial charge is 0.330 e. The molecule has 2 aromatic rings. The van der Waals surface area contributed by atoms with E-state index in [1.54, 1.807) is 12.4 Å². The highest BCUT2D eigenvalue weighted by Gasteiger charge is 2.00. The van der Waals surface area contributed by atoms with Gasteiger partial charge in [0, 0.05) is 12.4 Å². The van der Waals surface area contributed by atoms with E-state index in [-0.39, 0.29) is 0 Å². The van der Waals surface area contributed by atoms with Crippen LogP contribution in [0.4, 0.5) is 0 Å². The second-order valence-corrected chi connectivity index (χ2v) is 2.88. The van der Waals surface area contributed by atoms with E-state index in [0.29, 0.717) is 6.54 Å². The Hall–Kier alpha value is -1.48. The number of hydrogen-bond donors (Lipinski definition) is 1. The molecule has 2 N–H and O–H groups in total. The molecule has 3 heteroatoms. The fourth-order valence-corrected chi connectivity index (χ4v) is 1.41. The van der Waals surface area contributed by atoms with Gasteiger partial charge in [-0.2, -0.15) is 0 Å². The molecule has 1 aromatic carbocycles. The maximum atomic E-state index is 5.50. The van der Waals surface area contributed by atoms with E-state index in [1.165, 1.54) is 5.56 Å². The van der Waals surface area contributed by atoms with Gasteiger partial charge >= 0.3 is 0 Å². The van der Waals surface area contributed by atoms with Crippen LogP contribution in [0.1, 0.15) is 5.56 Å². The molecule has 0 atom stereocenters. The minimum absolute atomic E-state index is 0.648. The summed E-state index contributed by atoms with van der Waals surface area (Å²) in [6.45, 7) is 0.648. The average Bonchev–Trinajstić information content (AvgIpc) is 2.19. The van der Waals surface area contributed by atoms with Crippen molar-refractivity contribution in [3.05, 3.63) is 36.2 Å². The first kappa shape index (κ1) is 8.13. The Kier molecular flexibility index (Phi) is 2.19. The topological polar surface area (TPSA) is 51.8 Å². The molecule has 0 saturated heterocycles.